The van der Waals surface area contributed by atoms with Crippen LogP contribution in [0.15, 0.2) is 69.9 Å². The first-order chi connectivity index (χ1) is 22.1. The summed E-state index contributed by atoms with van der Waals surface area (Å²) in [4.78, 5) is 35.7. The summed E-state index contributed by atoms with van der Waals surface area (Å²) >= 11 is 0. The third-order valence-electron chi connectivity index (χ3n) is 9.31. The third kappa shape index (κ3) is 5.29. The van der Waals surface area contributed by atoms with E-state index < -0.39 is 21.6 Å². The van der Waals surface area contributed by atoms with Crippen molar-refractivity contribution in [2.24, 2.45) is 4.40 Å². The van der Waals surface area contributed by atoms with Gasteiger partial charge >= 0.3 is 5.97 Å². The number of amidine groups is 1. The predicted molar refractivity (Wildman–Crippen MR) is 174 cm³/mol. The molecule has 2 aromatic heterocycles. The number of ether oxygens (including phenoxy) is 1. The molecule has 7 rings (SSSR count). The maximum Gasteiger partial charge on any atom is 0.343 e. The van der Waals surface area contributed by atoms with E-state index in [-0.39, 0.29) is 18.6 Å². The minimum absolute atomic E-state index is 0.0823. The van der Waals surface area contributed by atoms with E-state index >= 15 is 0 Å². The van der Waals surface area contributed by atoms with Gasteiger partial charge in [-0.25, -0.2) is 18.2 Å². The summed E-state index contributed by atoms with van der Waals surface area (Å²) in [5.74, 6) is -0.207. The zero-order chi connectivity index (χ0) is 32.2. The Balaban J connectivity index is 1.21. The molecule has 11 nitrogen and oxygen atoms in total. The van der Waals surface area contributed by atoms with Gasteiger partial charge in [0.05, 0.1) is 35.3 Å². The Morgan fingerprint density at radius 3 is 2.46 bits per heavy atom. The van der Waals surface area contributed by atoms with Crippen LogP contribution in [-0.2, 0) is 51.3 Å². The molecule has 0 amide bonds. The highest BCUT2D eigenvalue weighted by molar-refractivity contribution is 7.89. The molecule has 0 radical (unpaired) electrons. The molecular weight excluding hydrogens is 606 g/mol. The fraction of sp³-hybridized carbons (Fsp3) is 0.353. The summed E-state index contributed by atoms with van der Waals surface area (Å²) in [5.41, 5.74) is 3.48. The van der Waals surface area contributed by atoms with Crippen LogP contribution in [-0.4, -0.2) is 77.1 Å². The number of sulfonamides is 1. The van der Waals surface area contributed by atoms with Gasteiger partial charge < -0.3 is 19.3 Å². The third-order valence-corrected chi connectivity index (χ3v) is 9.85. The number of fused-ring (bicyclic) bond motifs is 5. The number of benzene rings is 2. The second kappa shape index (κ2) is 11.4. The summed E-state index contributed by atoms with van der Waals surface area (Å²) in [6.45, 7) is 5.05. The van der Waals surface area contributed by atoms with Crippen LogP contribution in [0.5, 0.6) is 0 Å². The van der Waals surface area contributed by atoms with E-state index in [1.807, 2.05) is 54.6 Å². The Labute approximate surface area is 266 Å². The predicted octanol–water partition coefficient (Wildman–Crippen LogP) is 2.80. The lowest BCUT2D eigenvalue weighted by Gasteiger charge is -2.37. The van der Waals surface area contributed by atoms with Crippen LogP contribution < -0.4 is 5.56 Å². The highest BCUT2D eigenvalue weighted by Crippen LogP contribution is 2.40. The van der Waals surface area contributed by atoms with Gasteiger partial charge in [0, 0.05) is 55.7 Å². The van der Waals surface area contributed by atoms with Crippen LogP contribution in [0.4, 0.5) is 0 Å². The monoisotopic (exact) mass is 641 g/mol. The van der Waals surface area contributed by atoms with Gasteiger partial charge in [0.25, 0.3) is 15.6 Å². The molecular formula is C34H35N5O6S. The number of para-hydroxylation sites is 1. The average molecular weight is 642 g/mol. The number of piperazine rings is 1. The topological polar surface area (TPSA) is 134 Å². The standard InChI is InChI=1S/C34H35N5O6S/c1-3-34(42)27-18-29-31-25(20-39(29)32(40)26(27)21-45-33(34)41)24(23-11-7-8-12-28(23)35-31)19-37-13-15-38(16-14-37)30(36-46(2,43)44)17-22-9-5-4-6-10-22/h4-12,18,42H,3,13-17,19-21H2,1-2H3/t34-/m0/s1. The SMILES string of the molecule is CC[C@@]1(O)C(=O)OCc2c1cc1n(c2=O)Cc2c-1nc1ccccc1c2CN1CCN(C(Cc2ccccc2)=NS(C)(=O)=O)CC1. The summed E-state index contributed by atoms with van der Waals surface area (Å²) in [5, 5.41) is 12.3. The van der Waals surface area contributed by atoms with Gasteiger partial charge in [0.15, 0.2) is 5.60 Å². The number of cyclic esters (lactones) is 1. The van der Waals surface area contributed by atoms with Crippen molar-refractivity contribution >= 4 is 32.7 Å². The number of nitrogens with zero attached hydrogens (tertiary/aromatic N) is 5. The Kier molecular flexibility index (Phi) is 7.53. The van der Waals surface area contributed by atoms with Crippen LogP contribution in [0.25, 0.3) is 22.3 Å². The Hall–Kier alpha value is -4.39. The van der Waals surface area contributed by atoms with Crippen LogP contribution in [0.2, 0.25) is 0 Å². The number of hydrogen-bond acceptors (Lipinski definition) is 8. The second-order valence-corrected chi connectivity index (χ2v) is 13.9. The number of aromatic nitrogens is 2. The van der Waals surface area contributed by atoms with E-state index in [9.17, 15) is 23.1 Å². The van der Waals surface area contributed by atoms with Gasteiger partial charge in [0.2, 0.25) is 0 Å². The van der Waals surface area contributed by atoms with E-state index in [0.717, 1.165) is 33.8 Å². The fourth-order valence-corrected chi connectivity index (χ4v) is 7.42. The van der Waals surface area contributed by atoms with Crippen LogP contribution >= 0.6 is 0 Å². The maximum atomic E-state index is 13.8. The quantitative estimate of drug-likeness (QED) is 0.169. The first-order valence-electron chi connectivity index (χ1n) is 15.4. The Morgan fingerprint density at radius 1 is 1.02 bits per heavy atom. The molecule has 0 spiro atoms. The number of esters is 1. The van der Waals surface area contributed by atoms with Gasteiger partial charge in [-0.15, -0.1) is 0 Å². The van der Waals surface area contributed by atoms with E-state index in [0.29, 0.717) is 74.0 Å². The van der Waals surface area contributed by atoms with Gasteiger partial charge in [-0.05, 0) is 29.7 Å². The molecule has 4 aromatic rings. The number of hydrogen-bond donors (Lipinski definition) is 1. The van der Waals surface area contributed by atoms with Crippen LogP contribution in [0.1, 0.15) is 41.2 Å². The Bertz CT molecular complexity index is 2070. The molecule has 3 aliphatic rings. The van der Waals surface area contributed by atoms with Crippen molar-refractivity contribution < 1.29 is 23.1 Å². The minimum atomic E-state index is -3.58. The lowest BCUT2D eigenvalue weighted by Crippen LogP contribution is -2.49. The van der Waals surface area contributed by atoms with Crippen molar-refractivity contribution in [3.05, 3.63) is 98.8 Å². The molecule has 12 heteroatoms. The molecule has 0 unspecified atom stereocenters. The lowest BCUT2D eigenvalue weighted by atomic mass is 9.86. The first-order valence-corrected chi connectivity index (χ1v) is 17.3. The molecule has 1 atom stereocenters. The van der Waals surface area contributed by atoms with Gasteiger partial charge in [-0.3, -0.25) is 9.69 Å². The average Bonchev–Trinajstić information content (AvgIpc) is 3.41. The summed E-state index contributed by atoms with van der Waals surface area (Å²) < 4.78 is 35.4. The summed E-state index contributed by atoms with van der Waals surface area (Å²) in [7, 11) is -3.58. The zero-order valence-corrected chi connectivity index (χ0v) is 26.6. The number of pyridine rings is 2. The molecule has 1 saturated heterocycles. The molecule has 2 aromatic carbocycles. The normalized spacial score (nSPS) is 19.9. The molecule has 1 N–H and O–H groups in total. The van der Waals surface area contributed by atoms with E-state index in [4.69, 9.17) is 9.72 Å². The second-order valence-electron chi connectivity index (χ2n) is 12.2. The highest BCUT2D eigenvalue weighted by atomic mass is 32.2. The van der Waals surface area contributed by atoms with Crippen molar-refractivity contribution in [1.82, 2.24) is 19.4 Å². The molecule has 0 saturated carbocycles. The molecule has 0 bridgehead atoms. The van der Waals surface area contributed by atoms with E-state index in [1.54, 1.807) is 17.6 Å². The van der Waals surface area contributed by atoms with Crippen molar-refractivity contribution in [2.45, 2.75) is 45.1 Å². The number of rotatable bonds is 6. The first kappa shape index (κ1) is 30.3. The van der Waals surface area contributed by atoms with Crippen molar-refractivity contribution in [3.63, 3.8) is 0 Å². The lowest BCUT2D eigenvalue weighted by molar-refractivity contribution is -0.172. The van der Waals surface area contributed by atoms with Crippen LogP contribution in [0, 0.1) is 0 Å². The molecule has 3 aliphatic heterocycles. The van der Waals surface area contributed by atoms with E-state index in [1.165, 1.54) is 0 Å². The molecule has 238 valence electrons. The number of aliphatic hydroxyl groups is 1. The molecule has 5 heterocycles. The molecule has 0 aliphatic carbocycles. The fourth-order valence-electron chi connectivity index (χ4n) is 6.85. The number of carbonyl (C=O) groups excluding carboxylic acids is 1. The number of carbonyl (C=O) groups is 1. The van der Waals surface area contributed by atoms with Gasteiger partial charge in [-0.2, -0.15) is 4.40 Å². The molecule has 1 fully saturated rings. The Morgan fingerprint density at radius 2 is 1.74 bits per heavy atom. The van der Waals surface area contributed by atoms with Crippen molar-refractivity contribution in [2.75, 3.05) is 32.4 Å². The smallest absolute Gasteiger partial charge is 0.343 e. The summed E-state index contributed by atoms with van der Waals surface area (Å²) in [6.07, 6.45) is 1.63. The summed E-state index contributed by atoms with van der Waals surface area (Å²) in [6, 6.07) is 19.4. The minimum Gasteiger partial charge on any atom is -0.458 e. The van der Waals surface area contributed by atoms with Crippen molar-refractivity contribution in [3.8, 4) is 11.4 Å². The van der Waals surface area contributed by atoms with Crippen LogP contribution in [0.3, 0.4) is 0 Å². The van der Waals surface area contributed by atoms with Crippen molar-refractivity contribution in [1.29, 1.82) is 0 Å². The maximum absolute atomic E-state index is 13.8. The molecule has 46 heavy (non-hydrogen) atoms. The van der Waals surface area contributed by atoms with Gasteiger partial charge in [-0.1, -0.05) is 55.5 Å². The highest BCUT2D eigenvalue weighted by Gasteiger charge is 2.45. The van der Waals surface area contributed by atoms with E-state index in [2.05, 4.69) is 14.2 Å². The zero-order valence-electron chi connectivity index (χ0n) is 25.8. The largest absolute Gasteiger partial charge is 0.458 e. The van der Waals surface area contributed by atoms with Gasteiger partial charge in [0.1, 0.15) is 12.4 Å².